The second-order valence-corrected chi connectivity index (χ2v) is 3.32. The van der Waals surface area contributed by atoms with Crippen LogP contribution in [0.3, 0.4) is 0 Å². The van der Waals surface area contributed by atoms with Gasteiger partial charge >= 0.3 is 5.97 Å². The van der Waals surface area contributed by atoms with Gasteiger partial charge in [-0.2, -0.15) is 0 Å². The first kappa shape index (κ1) is 10.8. The van der Waals surface area contributed by atoms with Crippen molar-refractivity contribution in [2.24, 2.45) is 0 Å². The van der Waals surface area contributed by atoms with E-state index in [-0.39, 0.29) is 5.76 Å². The molecule has 17 heavy (non-hydrogen) atoms. The van der Waals surface area contributed by atoms with Crippen molar-refractivity contribution in [3.8, 4) is 12.3 Å². The maximum Gasteiger partial charge on any atom is 0.371 e. The van der Waals surface area contributed by atoms with Gasteiger partial charge in [-0.05, 0) is 24.3 Å². The third kappa shape index (κ3) is 2.47. The molecule has 0 aliphatic rings. The van der Waals surface area contributed by atoms with Gasteiger partial charge in [-0.25, -0.2) is 4.79 Å². The van der Waals surface area contributed by atoms with E-state index in [1.165, 1.54) is 6.07 Å². The summed E-state index contributed by atoms with van der Waals surface area (Å²) in [5, 5.41) is 11.6. The lowest BCUT2D eigenvalue weighted by Crippen LogP contribution is -1.92. The minimum atomic E-state index is -1.10. The van der Waals surface area contributed by atoms with E-state index in [0.717, 1.165) is 11.3 Å². The van der Waals surface area contributed by atoms with E-state index in [0.29, 0.717) is 5.88 Å². The quantitative estimate of drug-likeness (QED) is 0.791. The van der Waals surface area contributed by atoms with Crippen molar-refractivity contribution in [3.05, 3.63) is 47.7 Å². The Kier molecular flexibility index (Phi) is 2.84. The number of hydrogen-bond donors (Lipinski definition) is 2. The summed E-state index contributed by atoms with van der Waals surface area (Å²) in [5.41, 5.74) is 1.48. The summed E-state index contributed by atoms with van der Waals surface area (Å²) in [5.74, 6) is 1.66. The van der Waals surface area contributed by atoms with Gasteiger partial charge in [0.25, 0.3) is 0 Å². The molecule has 4 nitrogen and oxygen atoms in total. The van der Waals surface area contributed by atoms with E-state index >= 15 is 0 Å². The molecule has 84 valence electrons. The summed E-state index contributed by atoms with van der Waals surface area (Å²) >= 11 is 0. The third-order valence-corrected chi connectivity index (χ3v) is 2.11. The number of carboxylic acids is 1. The van der Waals surface area contributed by atoms with Crippen molar-refractivity contribution in [1.82, 2.24) is 0 Å². The molecule has 1 aromatic carbocycles. The molecule has 0 aliphatic heterocycles. The topological polar surface area (TPSA) is 62.5 Å². The molecule has 0 spiro atoms. The summed E-state index contributed by atoms with van der Waals surface area (Å²) in [4.78, 5) is 10.6. The molecule has 0 bridgehead atoms. The predicted molar refractivity (Wildman–Crippen MR) is 63.3 cm³/mol. The highest BCUT2D eigenvalue weighted by atomic mass is 16.4. The first-order chi connectivity index (χ1) is 8.19. The molecule has 4 heteroatoms. The molecular formula is C13H9NO3. The molecule has 2 aromatic rings. The van der Waals surface area contributed by atoms with Crippen molar-refractivity contribution in [1.29, 1.82) is 0 Å². The van der Waals surface area contributed by atoms with Crippen LogP contribution < -0.4 is 5.32 Å². The number of carboxylic acid groups (broad SMARTS) is 1. The van der Waals surface area contributed by atoms with E-state index in [1.807, 2.05) is 6.07 Å². The van der Waals surface area contributed by atoms with Crippen LogP contribution in [-0.4, -0.2) is 11.1 Å². The van der Waals surface area contributed by atoms with E-state index in [2.05, 4.69) is 11.2 Å². The molecule has 1 heterocycles. The highest BCUT2D eigenvalue weighted by Crippen LogP contribution is 2.20. The summed E-state index contributed by atoms with van der Waals surface area (Å²) in [6, 6.07) is 10.1. The molecule has 0 radical (unpaired) electrons. The Bertz CT molecular complexity index is 593. The molecule has 0 saturated heterocycles. The zero-order chi connectivity index (χ0) is 12.3. The van der Waals surface area contributed by atoms with E-state index < -0.39 is 5.97 Å². The zero-order valence-corrected chi connectivity index (χ0v) is 8.81. The average molecular weight is 227 g/mol. The van der Waals surface area contributed by atoms with Crippen LogP contribution >= 0.6 is 0 Å². The van der Waals surface area contributed by atoms with Crippen molar-refractivity contribution >= 4 is 17.5 Å². The standard InChI is InChI=1S/C13H9NO3/c1-2-9-4-3-5-10(8-9)14-12-7-6-11(17-12)13(15)16/h1,3-8,14H,(H,15,16). The summed E-state index contributed by atoms with van der Waals surface area (Å²) in [7, 11) is 0. The highest BCUT2D eigenvalue weighted by molar-refractivity contribution is 5.85. The molecule has 1 aromatic heterocycles. The third-order valence-electron chi connectivity index (χ3n) is 2.11. The van der Waals surface area contributed by atoms with E-state index in [9.17, 15) is 4.79 Å². The Balaban J connectivity index is 2.19. The van der Waals surface area contributed by atoms with Crippen LogP contribution in [0.5, 0.6) is 0 Å². The lowest BCUT2D eigenvalue weighted by Gasteiger charge is -2.02. The molecule has 0 saturated carbocycles. The van der Waals surface area contributed by atoms with Crippen molar-refractivity contribution in [2.75, 3.05) is 5.32 Å². The molecule has 0 unspecified atom stereocenters. The normalized spacial score (nSPS) is 9.59. The number of furan rings is 1. The van der Waals surface area contributed by atoms with Gasteiger partial charge in [0.1, 0.15) is 0 Å². The monoisotopic (exact) mass is 227 g/mol. The summed E-state index contributed by atoms with van der Waals surface area (Å²) in [6.45, 7) is 0. The highest BCUT2D eigenvalue weighted by Gasteiger charge is 2.08. The minimum Gasteiger partial charge on any atom is -0.475 e. The van der Waals surface area contributed by atoms with Crippen LogP contribution in [0.15, 0.2) is 40.8 Å². The number of aromatic carboxylic acids is 1. The predicted octanol–water partition coefficient (Wildman–Crippen LogP) is 2.70. The van der Waals surface area contributed by atoms with Gasteiger partial charge in [-0.1, -0.05) is 12.0 Å². The van der Waals surface area contributed by atoms with Gasteiger partial charge in [0.2, 0.25) is 5.76 Å². The maximum atomic E-state index is 10.6. The van der Waals surface area contributed by atoms with E-state index in [1.54, 1.807) is 24.3 Å². The summed E-state index contributed by atoms with van der Waals surface area (Å²) < 4.78 is 5.06. The Morgan fingerprint density at radius 2 is 2.18 bits per heavy atom. The van der Waals surface area contributed by atoms with Crippen molar-refractivity contribution in [2.45, 2.75) is 0 Å². The SMILES string of the molecule is C#Cc1cccc(Nc2ccc(C(=O)O)o2)c1. The average Bonchev–Trinajstić information content (AvgIpc) is 2.78. The Morgan fingerprint density at radius 1 is 1.35 bits per heavy atom. The first-order valence-electron chi connectivity index (χ1n) is 4.86. The first-order valence-corrected chi connectivity index (χ1v) is 4.86. The molecular weight excluding hydrogens is 218 g/mol. The molecule has 2 N–H and O–H groups in total. The second kappa shape index (κ2) is 4.45. The lowest BCUT2D eigenvalue weighted by molar-refractivity contribution is 0.0663. The van der Waals surface area contributed by atoms with Gasteiger partial charge in [0, 0.05) is 17.3 Å². The van der Waals surface area contributed by atoms with Gasteiger partial charge in [0.15, 0.2) is 5.88 Å². The molecule has 0 atom stereocenters. The second-order valence-electron chi connectivity index (χ2n) is 3.32. The van der Waals surface area contributed by atoms with Crippen LogP contribution in [-0.2, 0) is 0 Å². The largest absolute Gasteiger partial charge is 0.475 e. The number of nitrogens with one attached hydrogen (secondary N) is 1. The number of anilines is 2. The number of terminal acetylenes is 1. The Morgan fingerprint density at radius 3 is 2.82 bits per heavy atom. The molecule has 0 aliphatic carbocycles. The fourth-order valence-corrected chi connectivity index (χ4v) is 1.35. The van der Waals surface area contributed by atoms with Gasteiger partial charge in [0.05, 0.1) is 0 Å². The van der Waals surface area contributed by atoms with Gasteiger partial charge < -0.3 is 14.8 Å². The van der Waals surface area contributed by atoms with E-state index in [4.69, 9.17) is 15.9 Å². The molecule has 0 fully saturated rings. The molecule has 0 amide bonds. The lowest BCUT2D eigenvalue weighted by atomic mass is 10.2. The zero-order valence-electron chi connectivity index (χ0n) is 8.81. The van der Waals surface area contributed by atoms with Crippen LogP contribution in [0.4, 0.5) is 11.6 Å². The number of hydrogen-bond acceptors (Lipinski definition) is 3. The maximum absolute atomic E-state index is 10.6. The number of benzene rings is 1. The van der Waals surface area contributed by atoms with Gasteiger partial charge in [-0.15, -0.1) is 6.42 Å². The van der Waals surface area contributed by atoms with Crippen LogP contribution in [0.2, 0.25) is 0 Å². The van der Waals surface area contributed by atoms with Crippen LogP contribution in [0, 0.1) is 12.3 Å². The van der Waals surface area contributed by atoms with Crippen molar-refractivity contribution < 1.29 is 14.3 Å². The fourth-order valence-electron chi connectivity index (χ4n) is 1.35. The van der Waals surface area contributed by atoms with Crippen LogP contribution in [0.25, 0.3) is 0 Å². The Labute approximate surface area is 97.9 Å². The number of rotatable bonds is 3. The fraction of sp³-hybridized carbons (Fsp3) is 0. The smallest absolute Gasteiger partial charge is 0.371 e. The minimum absolute atomic E-state index is 0.111. The van der Waals surface area contributed by atoms with Crippen molar-refractivity contribution in [3.63, 3.8) is 0 Å². The molecule has 2 rings (SSSR count). The summed E-state index contributed by atoms with van der Waals surface area (Å²) in [6.07, 6.45) is 5.28. The Hall–Kier alpha value is -2.67. The van der Waals surface area contributed by atoms with Crippen LogP contribution in [0.1, 0.15) is 16.1 Å². The van der Waals surface area contributed by atoms with Gasteiger partial charge in [-0.3, -0.25) is 0 Å². The number of carbonyl (C=O) groups is 1.